The second-order valence-electron chi connectivity index (χ2n) is 6.86. The minimum atomic E-state index is -0.650. The van der Waals surface area contributed by atoms with Crippen LogP contribution in [0.2, 0.25) is 0 Å². The molecule has 0 spiro atoms. The van der Waals surface area contributed by atoms with Crippen molar-refractivity contribution in [3.8, 4) is 5.75 Å². The summed E-state index contributed by atoms with van der Waals surface area (Å²) >= 11 is 0. The second kappa shape index (κ2) is 5.83. The predicted octanol–water partition coefficient (Wildman–Crippen LogP) is 1.66. The Bertz CT molecular complexity index is 859. The number of carbonyl (C=O) groups excluding carboxylic acids is 3. The van der Waals surface area contributed by atoms with E-state index in [0.717, 1.165) is 17.0 Å². The minimum Gasteiger partial charge on any atom is -0.497 e. The van der Waals surface area contributed by atoms with Crippen molar-refractivity contribution in [3.63, 3.8) is 0 Å². The van der Waals surface area contributed by atoms with Gasteiger partial charge in [0.05, 0.1) is 25.0 Å². The fourth-order valence-electron chi connectivity index (χ4n) is 4.51. The summed E-state index contributed by atoms with van der Waals surface area (Å²) in [5, 5.41) is 0. The van der Waals surface area contributed by atoms with Gasteiger partial charge in [0.2, 0.25) is 11.8 Å². The molecular formula is C20H20N2O4. The first-order chi connectivity index (χ1) is 12.5. The molecule has 6 heteroatoms. The van der Waals surface area contributed by atoms with Gasteiger partial charge in [0.25, 0.3) is 0 Å². The van der Waals surface area contributed by atoms with Crippen LogP contribution < -0.4 is 9.64 Å². The molecule has 3 aliphatic rings. The number of methoxy groups -OCH3 is 1. The maximum Gasteiger partial charge on any atom is 0.236 e. The summed E-state index contributed by atoms with van der Waals surface area (Å²) in [6, 6.07) is 4.65. The molecule has 0 aromatic heterocycles. The maximum absolute atomic E-state index is 12.9. The summed E-state index contributed by atoms with van der Waals surface area (Å²) < 4.78 is 5.27. The lowest BCUT2D eigenvalue weighted by molar-refractivity contribution is -0.140. The van der Waals surface area contributed by atoms with Crippen LogP contribution in [0.1, 0.15) is 12.5 Å². The zero-order valence-electron chi connectivity index (χ0n) is 14.7. The lowest BCUT2D eigenvalue weighted by Gasteiger charge is -2.36. The molecule has 4 atom stereocenters. The molecule has 1 aromatic carbocycles. The van der Waals surface area contributed by atoms with E-state index < -0.39 is 17.9 Å². The number of imide groups is 1. The number of carbonyl (C=O) groups is 3. The number of amides is 2. The first kappa shape index (κ1) is 16.6. The number of anilines is 1. The number of hydrogen-bond acceptors (Lipinski definition) is 5. The van der Waals surface area contributed by atoms with E-state index in [1.807, 2.05) is 35.3 Å². The normalized spacial score (nSPS) is 28.7. The highest BCUT2D eigenvalue weighted by molar-refractivity contribution is 6.11. The summed E-state index contributed by atoms with van der Waals surface area (Å²) in [7, 11) is 1.60. The van der Waals surface area contributed by atoms with Gasteiger partial charge in [-0.25, -0.2) is 0 Å². The number of ketones is 1. The number of benzene rings is 1. The van der Waals surface area contributed by atoms with Gasteiger partial charge in [0.1, 0.15) is 11.8 Å². The average Bonchev–Trinajstić information content (AvgIpc) is 3.10. The van der Waals surface area contributed by atoms with Crippen LogP contribution in [0.15, 0.2) is 36.9 Å². The monoisotopic (exact) mass is 352 g/mol. The molecule has 2 amide bonds. The highest BCUT2D eigenvalue weighted by atomic mass is 16.5. The Morgan fingerprint density at radius 1 is 1.27 bits per heavy atom. The first-order valence-corrected chi connectivity index (χ1v) is 8.60. The number of fused-ring (bicyclic) bond motifs is 5. The lowest BCUT2D eigenvalue weighted by Crippen LogP contribution is -2.48. The molecule has 6 nitrogen and oxygen atoms in total. The standard InChI is InChI=1S/C20H20N2O4/c1-4-9-21-19(24)16-15-7-5-12-10-13(26-3)6-8-14(12)22(15)18(11(2)23)17(16)20(21)25/h4-8,10,15-18H,1,9H2,2-3H3/t15-,16-,17+,18+/m1/s1. The van der Waals surface area contributed by atoms with Crippen molar-refractivity contribution in [3.05, 3.63) is 42.5 Å². The smallest absolute Gasteiger partial charge is 0.236 e. The Morgan fingerprint density at radius 2 is 2.00 bits per heavy atom. The van der Waals surface area contributed by atoms with Crippen LogP contribution in [0.5, 0.6) is 5.75 Å². The molecule has 1 aromatic rings. The van der Waals surface area contributed by atoms with Gasteiger partial charge in [0, 0.05) is 17.8 Å². The summed E-state index contributed by atoms with van der Waals surface area (Å²) in [5.74, 6) is -1.08. The zero-order valence-corrected chi connectivity index (χ0v) is 14.7. The molecule has 0 aliphatic carbocycles. The zero-order chi connectivity index (χ0) is 18.6. The third-order valence-electron chi connectivity index (χ3n) is 5.53. The van der Waals surface area contributed by atoms with E-state index >= 15 is 0 Å². The van der Waals surface area contributed by atoms with Crippen LogP contribution in [-0.2, 0) is 14.4 Å². The van der Waals surface area contributed by atoms with Crippen molar-refractivity contribution in [1.29, 1.82) is 0 Å². The molecule has 4 rings (SSSR count). The quantitative estimate of drug-likeness (QED) is 0.609. The third-order valence-corrected chi connectivity index (χ3v) is 5.53. The molecule has 3 heterocycles. The van der Waals surface area contributed by atoms with E-state index in [-0.39, 0.29) is 30.2 Å². The van der Waals surface area contributed by atoms with Gasteiger partial charge in [-0.3, -0.25) is 19.3 Å². The molecule has 3 aliphatic heterocycles. The van der Waals surface area contributed by atoms with E-state index in [1.165, 1.54) is 17.9 Å². The maximum atomic E-state index is 12.9. The van der Waals surface area contributed by atoms with Crippen molar-refractivity contribution < 1.29 is 19.1 Å². The molecule has 2 saturated heterocycles. The molecule has 0 N–H and O–H groups in total. The Labute approximate surface area is 151 Å². The largest absolute Gasteiger partial charge is 0.497 e. The first-order valence-electron chi connectivity index (χ1n) is 8.60. The second-order valence-corrected chi connectivity index (χ2v) is 6.86. The summed E-state index contributed by atoms with van der Waals surface area (Å²) in [4.78, 5) is 41.4. The van der Waals surface area contributed by atoms with Gasteiger partial charge in [-0.05, 0) is 25.1 Å². The van der Waals surface area contributed by atoms with Crippen LogP contribution in [0.25, 0.3) is 6.08 Å². The average molecular weight is 352 g/mol. The van der Waals surface area contributed by atoms with E-state index in [9.17, 15) is 14.4 Å². The molecule has 26 heavy (non-hydrogen) atoms. The Morgan fingerprint density at radius 3 is 2.65 bits per heavy atom. The van der Waals surface area contributed by atoms with Crippen LogP contribution in [-0.4, -0.2) is 48.2 Å². The van der Waals surface area contributed by atoms with E-state index in [2.05, 4.69) is 6.58 Å². The lowest BCUT2D eigenvalue weighted by atomic mass is 9.88. The van der Waals surface area contributed by atoms with E-state index in [0.29, 0.717) is 0 Å². The third kappa shape index (κ3) is 2.08. The highest BCUT2D eigenvalue weighted by Gasteiger charge is 2.63. The van der Waals surface area contributed by atoms with E-state index in [1.54, 1.807) is 7.11 Å². The number of hydrogen-bond donors (Lipinski definition) is 0. The predicted molar refractivity (Wildman–Crippen MR) is 96.7 cm³/mol. The summed E-state index contributed by atoms with van der Waals surface area (Å²) in [5.41, 5.74) is 1.76. The van der Waals surface area contributed by atoms with Crippen molar-refractivity contribution in [1.82, 2.24) is 4.90 Å². The highest BCUT2D eigenvalue weighted by Crippen LogP contribution is 2.48. The van der Waals surface area contributed by atoms with Gasteiger partial charge in [-0.15, -0.1) is 6.58 Å². The number of likely N-dealkylation sites (tertiary alicyclic amines) is 1. The number of Topliss-reactive ketones (excluding diaryl/α,β-unsaturated/α-hetero) is 1. The topological polar surface area (TPSA) is 66.9 Å². The molecule has 2 fully saturated rings. The number of ether oxygens (including phenoxy) is 1. The molecule has 0 saturated carbocycles. The number of nitrogens with zero attached hydrogens (tertiary/aromatic N) is 2. The van der Waals surface area contributed by atoms with Crippen molar-refractivity contribution >= 4 is 29.4 Å². The van der Waals surface area contributed by atoms with Crippen molar-refractivity contribution in [2.24, 2.45) is 11.8 Å². The van der Waals surface area contributed by atoms with Gasteiger partial charge in [-0.2, -0.15) is 0 Å². The van der Waals surface area contributed by atoms with Crippen molar-refractivity contribution in [2.75, 3.05) is 18.6 Å². The summed E-state index contributed by atoms with van der Waals surface area (Å²) in [6.07, 6.45) is 5.40. The van der Waals surface area contributed by atoms with Gasteiger partial charge >= 0.3 is 0 Å². The van der Waals surface area contributed by atoms with Crippen LogP contribution >= 0.6 is 0 Å². The fourth-order valence-corrected chi connectivity index (χ4v) is 4.51. The Hall–Kier alpha value is -2.89. The number of rotatable bonds is 4. The van der Waals surface area contributed by atoms with Gasteiger partial charge < -0.3 is 9.64 Å². The molecular weight excluding hydrogens is 332 g/mol. The summed E-state index contributed by atoms with van der Waals surface area (Å²) in [6.45, 7) is 5.29. The van der Waals surface area contributed by atoms with Crippen LogP contribution in [0, 0.1) is 11.8 Å². The molecule has 0 bridgehead atoms. The van der Waals surface area contributed by atoms with Crippen molar-refractivity contribution in [2.45, 2.75) is 19.0 Å². The molecule has 0 radical (unpaired) electrons. The fraction of sp³-hybridized carbons (Fsp3) is 0.350. The van der Waals surface area contributed by atoms with Crippen LogP contribution in [0.4, 0.5) is 5.69 Å². The molecule has 0 unspecified atom stereocenters. The minimum absolute atomic E-state index is 0.110. The van der Waals surface area contributed by atoms with Gasteiger partial charge in [0.15, 0.2) is 5.78 Å². The van der Waals surface area contributed by atoms with Gasteiger partial charge in [-0.1, -0.05) is 18.2 Å². The molecule has 134 valence electrons. The SMILES string of the molecule is C=CCN1C(=O)[C@H]2[C@H](C1=O)[C@H](C(C)=O)N1c3ccc(OC)cc3C=C[C@H]21. The van der Waals surface area contributed by atoms with Crippen LogP contribution in [0.3, 0.4) is 0 Å². The van der Waals surface area contributed by atoms with E-state index in [4.69, 9.17) is 4.74 Å². The Balaban J connectivity index is 1.83. The Kier molecular flexibility index (Phi) is 3.72.